The molecule has 2 N–H and O–H groups in total. The van der Waals surface area contributed by atoms with Gasteiger partial charge in [0.05, 0.1) is 6.04 Å². The first kappa shape index (κ1) is 15.3. The lowest BCUT2D eigenvalue weighted by atomic mass is 9.90. The van der Waals surface area contributed by atoms with Gasteiger partial charge in [-0.2, -0.15) is 0 Å². The first-order valence-corrected chi connectivity index (χ1v) is 8.98. The maximum absolute atomic E-state index is 3.80. The number of aromatic amines is 1. The van der Waals surface area contributed by atoms with E-state index in [1.165, 1.54) is 69.4 Å². The highest BCUT2D eigenvalue weighted by Gasteiger charge is 2.25. The summed E-state index contributed by atoms with van der Waals surface area (Å²) in [5, 5.41) is 5.22. The van der Waals surface area contributed by atoms with Gasteiger partial charge < -0.3 is 10.3 Å². The number of benzene rings is 2. The van der Waals surface area contributed by atoms with Crippen LogP contribution in [0.4, 0.5) is 5.69 Å². The molecule has 3 aromatic rings. The Morgan fingerprint density at radius 1 is 0.958 bits per heavy atom. The highest BCUT2D eigenvalue weighted by molar-refractivity contribution is 5.88. The summed E-state index contributed by atoms with van der Waals surface area (Å²) in [6.45, 7) is 8.75. The average Bonchev–Trinajstić information content (AvgIpc) is 2.90. The lowest BCUT2D eigenvalue weighted by molar-refractivity contribution is 0.592. The van der Waals surface area contributed by atoms with Crippen LogP contribution in [0.2, 0.25) is 0 Å². The van der Waals surface area contributed by atoms with Crippen LogP contribution >= 0.6 is 0 Å². The van der Waals surface area contributed by atoms with Crippen molar-refractivity contribution >= 4 is 16.6 Å². The van der Waals surface area contributed by atoms with Gasteiger partial charge in [-0.1, -0.05) is 29.3 Å². The number of nitrogens with one attached hydrogen (secondary N) is 2. The zero-order valence-corrected chi connectivity index (χ0v) is 15.1. The summed E-state index contributed by atoms with van der Waals surface area (Å²) >= 11 is 0. The normalized spacial score (nSPS) is 17.1. The number of aryl methyl sites for hydroxylation is 5. The summed E-state index contributed by atoms with van der Waals surface area (Å²) in [6, 6.07) is 11.7. The van der Waals surface area contributed by atoms with Crippen LogP contribution in [0.15, 0.2) is 30.3 Å². The minimum absolute atomic E-state index is 0.377. The molecule has 4 rings (SSSR count). The molecule has 24 heavy (non-hydrogen) atoms. The lowest BCUT2D eigenvalue weighted by Gasteiger charge is -2.25. The second-order valence-electron chi connectivity index (χ2n) is 7.43. The van der Waals surface area contributed by atoms with Crippen LogP contribution in [0.5, 0.6) is 0 Å². The molecule has 124 valence electrons. The first-order chi connectivity index (χ1) is 11.5. The predicted molar refractivity (Wildman–Crippen MR) is 103 cm³/mol. The quantitative estimate of drug-likeness (QED) is 0.605. The Balaban J connectivity index is 1.77. The number of fused-ring (bicyclic) bond motifs is 3. The fraction of sp³-hybridized carbons (Fsp3) is 0.364. The molecule has 0 fully saturated rings. The van der Waals surface area contributed by atoms with Crippen molar-refractivity contribution in [1.82, 2.24) is 4.98 Å². The topological polar surface area (TPSA) is 27.8 Å². The number of rotatable bonds is 2. The van der Waals surface area contributed by atoms with Crippen molar-refractivity contribution in [3.8, 4) is 0 Å². The van der Waals surface area contributed by atoms with E-state index in [0.29, 0.717) is 6.04 Å². The van der Waals surface area contributed by atoms with E-state index in [2.05, 4.69) is 68.3 Å². The molecular formula is C22H26N2. The molecule has 1 unspecified atom stereocenters. The Morgan fingerprint density at radius 3 is 2.54 bits per heavy atom. The van der Waals surface area contributed by atoms with Crippen LogP contribution in [0.3, 0.4) is 0 Å². The van der Waals surface area contributed by atoms with Gasteiger partial charge in [-0.3, -0.25) is 0 Å². The molecule has 0 saturated carbocycles. The van der Waals surface area contributed by atoms with E-state index < -0.39 is 0 Å². The molecule has 1 atom stereocenters. The van der Waals surface area contributed by atoms with Gasteiger partial charge in [0, 0.05) is 22.3 Å². The van der Waals surface area contributed by atoms with Crippen molar-refractivity contribution in [2.45, 2.75) is 53.0 Å². The monoisotopic (exact) mass is 318 g/mol. The van der Waals surface area contributed by atoms with Crippen molar-refractivity contribution < 1.29 is 0 Å². The highest BCUT2D eigenvalue weighted by atomic mass is 15.0. The predicted octanol–water partition coefficient (Wildman–Crippen LogP) is 5.89. The Kier molecular flexibility index (Phi) is 3.64. The fourth-order valence-electron chi connectivity index (χ4n) is 4.23. The molecule has 1 aliphatic rings. The van der Waals surface area contributed by atoms with Gasteiger partial charge in [-0.25, -0.2) is 0 Å². The van der Waals surface area contributed by atoms with Crippen LogP contribution in [-0.2, 0) is 6.42 Å². The minimum atomic E-state index is 0.377. The number of H-pyrrole nitrogens is 1. The third-order valence-electron chi connectivity index (χ3n) is 5.37. The number of hydrogen-bond donors (Lipinski definition) is 2. The van der Waals surface area contributed by atoms with Gasteiger partial charge in [0.1, 0.15) is 0 Å². The minimum Gasteiger partial charge on any atom is -0.377 e. The molecule has 1 heterocycles. The maximum Gasteiger partial charge on any atom is 0.0666 e. The molecule has 1 aromatic heterocycles. The molecule has 0 spiro atoms. The lowest BCUT2D eigenvalue weighted by Crippen LogP contribution is -2.17. The Labute approximate surface area is 144 Å². The Bertz CT molecular complexity index is 917. The van der Waals surface area contributed by atoms with Crippen molar-refractivity contribution in [1.29, 1.82) is 0 Å². The van der Waals surface area contributed by atoms with E-state index >= 15 is 0 Å². The molecular weight excluding hydrogens is 292 g/mol. The zero-order valence-electron chi connectivity index (χ0n) is 15.1. The average molecular weight is 318 g/mol. The molecule has 1 aliphatic carbocycles. The van der Waals surface area contributed by atoms with Crippen LogP contribution in [0.25, 0.3) is 10.9 Å². The fourth-order valence-corrected chi connectivity index (χ4v) is 4.23. The number of anilines is 1. The number of aromatic nitrogens is 1. The standard InChI is InChI=1S/C22H26N2/c1-13-8-9-19(15(3)10-13)23-20-7-5-6-17-18-12-14(2)11-16(4)21(18)24-22(17)20/h8-12,20,23-24H,5-7H2,1-4H3. The van der Waals surface area contributed by atoms with E-state index in [9.17, 15) is 0 Å². The number of hydrogen-bond acceptors (Lipinski definition) is 1. The van der Waals surface area contributed by atoms with E-state index in [1.807, 2.05) is 0 Å². The molecule has 0 radical (unpaired) electrons. The highest BCUT2D eigenvalue weighted by Crippen LogP contribution is 2.38. The molecule has 0 amide bonds. The van der Waals surface area contributed by atoms with Gasteiger partial charge in [0.15, 0.2) is 0 Å². The second kappa shape index (κ2) is 5.70. The SMILES string of the molecule is Cc1ccc(NC2CCCc3c2[nH]c2c(C)cc(C)cc32)c(C)c1. The van der Waals surface area contributed by atoms with Gasteiger partial charge in [-0.15, -0.1) is 0 Å². The Hall–Kier alpha value is -2.22. The third-order valence-corrected chi connectivity index (χ3v) is 5.37. The van der Waals surface area contributed by atoms with Crippen LogP contribution in [-0.4, -0.2) is 4.98 Å². The summed E-state index contributed by atoms with van der Waals surface area (Å²) in [6.07, 6.45) is 3.62. The summed E-state index contributed by atoms with van der Waals surface area (Å²) < 4.78 is 0. The molecule has 0 saturated heterocycles. The van der Waals surface area contributed by atoms with Crippen LogP contribution in [0.1, 0.15) is 52.4 Å². The van der Waals surface area contributed by atoms with Crippen LogP contribution in [0, 0.1) is 27.7 Å². The van der Waals surface area contributed by atoms with E-state index in [1.54, 1.807) is 0 Å². The van der Waals surface area contributed by atoms with Crippen LogP contribution < -0.4 is 5.32 Å². The van der Waals surface area contributed by atoms with Crippen molar-refractivity contribution in [3.63, 3.8) is 0 Å². The second-order valence-corrected chi connectivity index (χ2v) is 7.43. The third kappa shape index (κ3) is 2.50. The smallest absolute Gasteiger partial charge is 0.0666 e. The van der Waals surface area contributed by atoms with E-state index in [-0.39, 0.29) is 0 Å². The molecule has 0 aliphatic heterocycles. The summed E-state index contributed by atoms with van der Waals surface area (Å²) in [5.41, 5.74) is 10.8. The van der Waals surface area contributed by atoms with Gasteiger partial charge in [0.2, 0.25) is 0 Å². The summed E-state index contributed by atoms with van der Waals surface area (Å²) in [7, 11) is 0. The Morgan fingerprint density at radius 2 is 1.75 bits per heavy atom. The van der Waals surface area contributed by atoms with E-state index in [0.717, 1.165) is 0 Å². The van der Waals surface area contributed by atoms with Crippen molar-refractivity contribution in [3.05, 3.63) is 63.8 Å². The molecule has 2 nitrogen and oxygen atoms in total. The van der Waals surface area contributed by atoms with Crippen molar-refractivity contribution in [2.75, 3.05) is 5.32 Å². The largest absolute Gasteiger partial charge is 0.377 e. The van der Waals surface area contributed by atoms with Gasteiger partial charge in [-0.05, 0) is 75.8 Å². The maximum atomic E-state index is 3.80. The molecule has 0 bridgehead atoms. The molecule has 2 aromatic carbocycles. The summed E-state index contributed by atoms with van der Waals surface area (Å²) in [4.78, 5) is 3.75. The van der Waals surface area contributed by atoms with Crippen molar-refractivity contribution in [2.24, 2.45) is 0 Å². The zero-order chi connectivity index (χ0) is 16.8. The van der Waals surface area contributed by atoms with Gasteiger partial charge >= 0.3 is 0 Å². The molecule has 2 heteroatoms. The first-order valence-electron chi connectivity index (χ1n) is 8.98. The summed E-state index contributed by atoms with van der Waals surface area (Å²) in [5.74, 6) is 0. The van der Waals surface area contributed by atoms with Gasteiger partial charge in [0.25, 0.3) is 0 Å². The van der Waals surface area contributed by atoms with E-state index in [4.69, 9.17) is 0 Å².